The number of hydrogen-bond acceptors (Lipinski definition) is 13. The first-order valence-electron chi connectivity index (χ1n) is 24.4. The highest BCUT2D eigenvalue weighted by Gasteiger charge is 2.64. The summed E-state index contributed by atoms with van der Waals surface area (Å²) in [6.45, 7) is 9.96. The molecule has 4 amide bonds. The molecule has 388 valence electrons. The Morgan fingerprint density at radius 3 is 2.36 bits per heavy atom. The highest BCUT2D eigenvalue weighted by atomic mass is 35.5. The number of nitrogens with one attached hydrogen (secondary N) is 2. The first-order valence-corrected chi connectivity index (χ1v) is 24.7. The van der Waals surface area contributed by atoms with Crippen LogP contribution < -0.4 is 15.5 Å². The number of allylic oxidation sites excluding steroid dienone is 3. The zero-order chi connectivity index (χ0) is 51.9. The van der Waals surface area contributed by atoms with Gasteiger partial charge in [0, 0.05) is 46.0 Å². The monoisotopic (exact) mass is 1010 g/mol. The molecule has 8 atom stereocenters. The van der Waals surface area contributed by atoms with Gasteiger partial charge in [0.25, 0.3) is 0 Å². The fraction of sp³-hybridized carbons (Fsp3) is 0.500. The van der Waals surface area contributed by atoms with E-state index in [0.717, 1.165) is 39.0 Å². The number of hydrogen-bond donors (Lipinski definition) is 3. The van der Waals surface area contributed by atoms with Crippen molar-refractivity contribution < 1.29 is 62.2 Å². The molecule has 17 nitrogen and oxygen atoms in total. The number of nitrogens with zero attached hydrogens (tertiary/aromatic N) is 2. The lowest BCUT2D eigenvalue weighted by Gasteiger charge is -2.42. The van der Waals surface area contributed by atoms with E-state index in [2.05, 4.69) is 34.9 Å². The van der Waals surface area contributed by atoms with Gasteiger partial charge in [0.15, 0.2) is 5.72 Å². The standard InChI is InChI=1S/C54H67ClN4O13/c1-32-14-13-19-44(66-8)54(65)30-43(70-52(64)57-54)34(3)49-53(5,72-49)45(29-47(61)59(7)42-28-36(26-32)27-33(2)48(42)55)71-50(62)35(4)58(6)46(60)20-22-67-24-25-68-23-21-56-51(63)69-31-41-39-17-11-9-15-37(39)38-16-10-12-18-40(38)41/h9-19,27-28,34-35,41,43-45,49,65H,20-26,29-31H2,1-8H3,(H,56,63)(H,57,64)/b19-13+,32-14+/t34-,35+,43+,44-,45+,49?,53+,54+/m1/s1. The first kappa shape index (κ1) is 54.0. The number of likely N-dealkylation sites (N-methyl/N-ethyl adjacent to an activating group) is 1. The van der Waals surface area contributed by atoms with E-state index in [0.29, 0.717) is 17.1 Å². The molecule has 72 heavy (non-hydrogen) atoms. The molecule has 2 saturated heterocycles. The molecule has 0 spiro atoms. The average molecular weight is 1020 g/mol. The number of amides is 4. The van der Waals surface area contributed by atoms with Gasteiger partial charge < -0.3 is 53.4 Å². The van der Waals surface area contributed by atoms with Crippen molar-refractivity contribution >= 4 is 47.3 Å². The van der Waals surface area contributed by atoms with E-state index < -0.39 is 71.8 Å². The number of anilines is 1. The average Bonchev–Trinajstić information content (AvgIpc) is 3.95. The minimum Gasteiger partial charge on any atom is -0.457 e. The molecule has 3 N–H and O–H groups in total. The Hall–Kier alpha value is -5.82. The molecule has 3 heterocycles. The van der Waals surface area contributed by atoms with Crippen LogP contribution >= 0.6 is 11.6 Å². The number of esters is 1. The molecule has 18 heteroatoms. The van der Waals surface area contributed by atoms with Crippen LogP contribution in [0.1, 0.15) is 75.1 Å². The van der Waals surface area contributed by atoms with Gasteiger partial charge in [0.1, 0.15) is 36.6 Å². The van der Waals surface area contributed by atoms with Crippen molar-refractivity contribution in [1.29, 1.82) is 0 Å². The van der Waals surface area contributed by atoms with Crippen molar-refractivity contribution in [2.45, 2.75) is 108 Å². The quantitative estimate of drug-likeness (QED) is 0.0623. The lowest BCUT2D eigenvalue weighted by atomic mass is 9.83. The Morgan fingerprint density at radius 2 is 1.68 bits per heavy atom. The van der Waals surface area contributed by atoms with E-state index in [-0.39, 0.29) is 70.7 Å². The Balaban J connectivity index is 0.910. The summed E-state index contributed by atoms with van der Waals surface area (Å²) in [4.78, 5) is 69.7. The van der Waals surface area contributed by atoms with E-state index in [1.807, 2.05) is 56.3 Å². The highest BCUT2D eigenvalue weighted by molar-refractivity contribution is 6.34. The minimum atomic E-state index is -1.84. The van der Waals surface area contributed by atoms with Crippen LogP contribution in [0.4, 0.5) is 15.3 Å². The number of ether oxygens (including phenoxy) is 7. The third-order valence-corrected chi connectivity index (χ3v) is 14.7. The summed E-state index contributed by atoms with van der Waals surface area (Å²) < 4.78 is 40.6. The van der Waals surface area contributed by atoms with Crippen LogP contribution in [0.15, 0.2) is 84.5 Å². The summed E-state index contributed by atoms with van der Waals surface area (Å²) in [6.07, 6.45) is 0.311. The number of fused-ring (bicyclic) bond motifs is 8. The topological polar surface area (TPSA) is 204 Å². The maximum absolute atomic E-state index is 14.3. The normalized spacial score (nSPS) is 26.6. The number of rotatable bonds is 15. The van der Waals surface area contributed by atoms with Crippen LogP contribution in [0.2, 0.25) is 5.02 Å². The molecule has 0 saturated carbocycles. The number of halogens is 1. The van der Waals surface area contributed by atoms with E-state index in [9.17, 15) is 29.1 Å². The summed E-state index contributed by atoms with van der Waals surface area (Å²) in [5.41, 5.74) is 4.55. The van der Waals surface area contributed by atoms with E-state index >= 15 is 0 Å². The molecule has 3 aromatic rings. The zero-order valence-corrected chi connectivity index (χ0v) is 43.0. The summed E-state index contributed by atoms with van der Waals surface area (Å²) in [5.74, 6) is -2.17. The van der Waals surface area contributed by atoms with Gasteiger partial charge in [-0.05, 0) is 73.6 Å². The lowest BCUT2D eigenvalue weighted by Crippen LogP contribution is -2.63. The molecule has 4 bridgehead atoms. The van der Waals surface area contributed by atoms with Crippen molar-refractivity contribution in [2.75, 3.05) is 65.7 Å². The zero-order valence-electron chi connectivity index (χ0n) is 42.2. The summed E-state index contributed by atoms with van der Waals surface area (Å²) in [6, 6.07) is 19.0. The van der Waals surface area contributed by atoms with Crippen LogP contribution in [0.5, 0.6) is 0 Å². The van der Waals surface area contributed by atoms with Gasteiger partial charge in [-0.2, -0.15) is 0 Å². The van der Waals surface area contributed by atoms with Crippen LogP contribution in [-0.2, 0) is 54.0 Å². The smallest absolute Gasteiger partial charge is 0.409 e. The van der Waals surface area contributed by atoms with Gasteiger partial charge in [-0.3, -0.25) is 14.9 Å². The molecule has 3 aliphatic heterocycles. The largest absolute Gasteiger partial charge is 0.457 e. The second-order valence-corrected chi connectivity index (χ2v) is 19.6. The fourth-order valence-corrected chi connectivity index (χ4v) is 10.0. The van der Waals surface area contributed by atoms with Crippen molar-refractivity contribution in [1.82, 2.24) is 15.5 Å². The van der Waals surface area contributed by atoms with Gasteiger partial charge in [-0.15, -0.1) is 0 Å². The number of carbonyl (C=O) groups is 5. The van der Waals surface area contributed by atoms with E-state index in [1.165, 1.54) is 30.9 Å². The van der Waals surface area contributed by atoms with Crippen molar-refractivity contribution in [3.8, 4) is 11.1 Å². The van der Waals surface area contributed by atoms with Gasteiger partial charge in [0.2, 0.25) is 11.8 Å². The van der Waals surface area contributed by atoms with Crippen LogP contribution in [-0.4, -0.2) is 143 Å². The maximum atomic E-state index is 14.3. The van der Waals surface area contributed by atoms with E-state index in [1.54, 1.807) is 33.0 Å². The Bertz CT molecular complexity index is 2510. The van der Waals surface area contributed by atoms with Crippen molar-refractivity contribution in [3.05, 3.63) is 112 Å². The number of alkyl carbamates (subject to hydrolysis) is 2. The Kier molecular flexibility index (Phi) is 17.5. The van der Waals surface area contributed by atoms with Crippen LogP contribution in [0, 0.1) is 12.8 Å². The molecule has 7 rings (SSSR count). The molecular formula is C54H67ClN4O13. The number of benzene rings is 3. The predicted molar refractivity (Wildman–Crippen MR) is 268 cm³/mol. The number of methoxy groups -OCH3 is 1. The SMILES string of the molecule is CO[C@@H]1/C=C/C=C(\C)Cc2cc(C)c(Cl)c(c2)N(C)C(=O)C[C@H](OC(=O)[C@H](C)N(C)C(=O)CCOCCOCCNC(=O)OCC2c3ccccc3-c3ccccc32)[C@]2(C)OC2[C@H](C)[C@@H]2C[C@@]1(O)NC(=O)O2. The molecule has 1 aliphatic carbocycles. The van der Waals surface area contributed by atoms with E-state index in [4.69, 9.17) is 44.8 Å². The molecule has 2 fully saturated rings. The van der Waals surface area contributed by atoms with Gasteiger partial charge >= 0.3 is 18.2 Å². The maximum Gasteiger partial charge on any atom is 0.409 e. The molecule has 4 aliphatic rings. The number of aryl methyl sites for hydroxylation is 1. The predicted octanol–water partition coefficient (Wildman–Crippen LogP) is 6.78. The lowest BCUT2D eigenvalue weighted by molar-refractivity contribution is -0.162. The fourth-order valence-electron chi connectivity index (χ4n) is 9.79. The van der Waals surface area contributed by atoms with Gasteiger partial charge in [-0.1, -0.05) is 96.9 Å². The van der Waals surface area contributed by atoms with Crippen molar-refractivity contribution in [3.63, 3.8) is 0 Å². The third-order valence-electron chi connectivity index (χ3n) is 14.2. The number of carbonyl (C=O) groups excluding carboxylic acids is 5. The Labute approximate surface area is 426 Å². The van der Waals surface area contributed by atoms with Gasteiger partial charge in [-0.25, -0.2) is 14.4 Å². The first-order chi connectivity index (χ1) is 34.3. The molecular weight excluding hydrogens is 948 g/mol. The minimum absolute atomic E-state index is 0.0402. The third kappa shape index (κ3) is 12.3. The van der Waals surface area contributed by atoms with Crippen LogP contribution in [0.25, 0.3) is 11.1 Å². The molecule has 0 aromatic heterocycles. The number of aliphatic hydroxyl groups is 1. The number of epoxide rings is 1. The molecule has 0 radical (unpaired) electrons. The summed E-state index contributed by atoms with van der Waals surface area (Å²) >= 11 is 6.82. The molecule has 3 aromatic carbocycles. The summed E-state index contributed by atoms with van der Waals surface area (Å²) in [7, 11) is 4.52. The highest BCUT2D eigenvalue weighted by Crippen LogP contribution is 2.49. The molecule has 1 unspecified atom stereocenters. The summed E-state index contributed by atoms with van der Waals surface area (Å²) in [5, 5.41) is 17.4. The van der Waals surface area contributed by atoms with Gasteiger partial charge in [0.05, 0.1) is 56.1 Å². The van der Waals surface area contributed by atoms with Crippen molar-refractivity contribution in [2.24, 2.45) is 5.92 Å². The second kappa shape index (κ2) is 23.4. The van der Waals surface area contributed by atoms with Crippen LogP contribution in [0.3, 0.4) is 0 Å². The second-order valence-electron chi connectivity index (χ2n) is 19.2. The Morgan fingerprint density at radius 1 is 1.01 bits per heavy atom.